The van der Waals surface area contributed by atoms with Gasteiger partial charge < -0.3 is 4.98 Å². The Morgan fingerprint density at radius 2 is 2.28 bits per heavy atom. The molecule has 1 N–H and O–H groups in total. The van der Waals surface area contributed by atoms with Crippen LogP contribution in [0.5, 0.6) is 0 Å². The highest BCUT2D eigenvalue weighted by atomic mass is 32.1. The number of nitrogens with zero attached hydrogens (tertiary/aromatic N) is 3. The number of aromatic amines is 1. The minimum Gasteiger partial charge on any atom is -0.305 e. The van der Waals surface area contributed by atoms with Gasteiger partial charge in [0.1, 0.15) is 10.8 Å². The van der Waals surface area contributed by atoms with E-state index in [0.29, 0.717) is 16.2 Å². The maximum atomic E-state index is 13.1. The number of aryl methyl sites for hydroxylation is 1. The third-order valence-corrected chi connectivity index (χ3v) is 3.65. The number of halogens is 1. The van der Waals surface area contributed by atoms with Gasteiger partial charge in [0, 0.05) is 0 Å². The molecule has 0 unspecified atom stereocenters. The third kappa shape index (κ3) is 1.63. The molecule has 2 heterocycles. The Morgan fingerprint density at radius 3 is 3.00 bits per heavy atom. The summed E-state index contributed by atoms with van der Waals surface area (Å²) in [5.74, 6) is -0.387. The van der Waals surface area contributed by atoms with E-state index in [2.05, 4.69) is 15.2 Å². The molecule has 0 bridgehead atoms. The smallest absolute Gasteiger partial charge is 0.305 e. The van der Waals surface area contributed by atoms with Crippen molar-refractivity contribution in [2.45, 2.75) is 13.3 Å². The van der Waals surface area contributed by atoms with E-state index >= 15 is 0 Å². The minimum atomic E-state index is -0.387. The van der Waals surface area contributed by atoms with Crippen molar-refractivity contribution in [3.63, 3.8) is 0 Å². The fourth-order valence-electron chi connectivity index (χ4n) is 1.75. The van der Waals surface area contributed by atoms with Gasteiger partial charge in [0.25, 0.3) is 0 Å². The normalized spacial score (nSPS) is 11.2. The highest BCUT2D eigenvalue weighted by Crippen LogP contribution is 2.19. The predicted octanol–water partition coefficient (Wildman–Crippen LogP) is 1.87. The molecule has 0 spiro atoms. The summed E-state index contributed by atoms with van der Waals surface area (Å²) in [4.78, 5) is 14.5. The number of rotatable bonds is 2. The standard InChI is InChI=1S/C11H9FN4OS/c1-2-9-14-15-11(18-9)16-8-4-3-6(12)5-7(8)13-10(16)17/h3-5H,2H2,1H3,(H,13,17). The summed E-state index contributed by atoms with van der Waals surface area (Å²) in [6.07, 6.45) is 0.767. The lowest BCUT2D eigenvalue weighted by atomic mass is 10.3. The fraction of sp³-hybridized carbons (Fsp3) is 0.182. The van der Waals surface area contributed by atoms with Crippen LogP contribution in [-0.4, -0.2) is 19.7 Å². The molecule has 0 saturated carbocycles. The lowest BCUT2D eigenvalue weighted by molar-refractivity contribution is 0.629. The quantitative estimate of drug-likeness (QED) is 0.768. The first-order chi connectivity index (χ1) is 8.69. The largest absolute Gasteiger partial charge is 0.332 e. The first-order valence-corrected chi connectivity index (χ1v) is 6.23. The van der Waals surface area contributed by atoms with Crippen molar-refractivity contribution in [2.75, 3.05) is 0 Å². The van der Waals surface area contributed by atoms with Crippen LogP contribution in [0.25, 0.3) is 16.2 Å². The summed E-state index contributed by atoms with van der Waals surface area (Å²) >= 11 is 1.35. The summed E-state index contributed by atoms with van der Waals surface area (Å²) in [5, 5.41) is 9.31. The molecule has 0 atom stereocenters. The molecule has 0 radical (unpaired) electrons. The number of nitrogens with one attached hydrogen (secondary N) is 1. The fourth-order valence-corrected chi connectivity index (χ4v) is 2.54. The number of fused-ring (bicyclic) bond motifs is 1. The molecule has 3 aromatic rings. The van der Waals surface area contributed by atoms with Gasteiger partial charge in [0.05, 0.1) is 11.0 Å². The van der Waals surface area contributed by atoms with E-state index in [1.807, 2.05) is 6.92 Å². The van der Waals surface area contributed by atoms with Crippen molar-refractivity contribution in [3.8, 4) is 5.13 Å². The number of hydrogen-bond acceptors (Lipinski definition) is 4. The van der Waals surface area contributed by atoms with Crippen molar-refractivity contribution >= 4 is 22.4 Å². The molecular formula is C11H9FN4OS. The summed E-state index contributed by atoms with van der Waals surface area (Å²) < 4.78 is 14.5. The molecule has 18 heavy (non-hydrogen) atoms. The molecule has 7 heteroatoms. The second-order valence-corrected chi connectivity index (χ2v) is 4.80. The van der Waals surface area contributed by atoms with Crippen LogP contribution in [0, 0.1) is 5.82 Å². The van der Waals surface area contributed by atoms with Crippen LogP contribution in [0.4, 0.5) is 4.39 Å². The van der Waals surface area contributed by atoms with E-state index in [-0.39, 0.29) is 11.5 Å². The Hall–Kier alpha value is -2.02. The van der Waals surface area contributed by atoms with E-state index in [9.17, 15) is 9.18 Å². The van der Waals surface area contributed by atoms with Crippen molar-refractivity contribution in [3.05, 3.63) is 39.5 Å². The molecule has 0 amide bonds. The second kappa shape index (κ2) is 4.02. The Bertz CT molecular complexity index is 773. The molecule has 5 nitrogen and oxygen atoms in total. The van der Waals surface area contributed by atoms with Gasteiger partial charge in [-0.15, -0.1) is 10.2 Å². The Labute approximate surface area is 105 Å². The topological polar surface area (TPSA) is 63.6 Å². The monoisotopic (exact) mass is 264 g/mol. The second-order valence-electron chi connectivity index (χ2n) is 3.76. The first-order valence-electron chi connectivity index (χ1n) is 5.42. The van der Waals surface area contributed by atoms with Crippen LogP contribution in [-0.2, 0) is 6.42 Å². The number of imidazole rings is 1. The number of benzene rings is 1. The van der Waals surface area contributed by atoms with Crippen molar-refractivity contribution in [1.82, 2.24) is 19.7 Å². The molecule has 0 fully saturated rings. The molecule has 0 aliphatic heterocycles. The molecule has 1 aromatic carbocycles. The third-order valence-electron chi connectivity index (χ3n) is 2.59. The van der Waals surface area contributed by atoms with Crippen LogP contribution in [0.15, 0.2) is 23.0 Å². The van der Waals surface area contributed by atoms with Gasteiger partial charge in [-0.25, -0.2) is 13.8 Å². The lowest BCUT2D eigenvalue weighted by Crippen LogP contribution is -2.14. The van der Waals surface area contributed by atoms with Gasteiger partial charge in [-0.3, -0.25) is 0 Å². The zero-order chi connectivity index (χ0) is 12.7. The highest BCUT2D eigenvalue weighted by Gasteiger charge is 2.13. The summed E-state index contributed by atoms with van der Waals surface area (Å²) in [6.45, 7) is 1.97. The average molecular weight is 264 g/mol. The van der Waals surface area contributed by atoms with Gasteiger partial charge in [0.2, 0.25) is 5.13 Å². The minimum absolute atomic E-state index is 0.339. The highest BCUT2D eigenvalue weighted by molar-refractivity contribution is 7.13. The van der Waals surface area contributed by atoms with Crippen molar-refractivity contribution in [2.24, 2.45) is 0 Å². The molecule has 3 rings (SSSR count). The lowest BCUT2D eigenvalue weighted by Gasteiger charge is -1.96. The van der Waals surface area contributed by atoms with Crippen LogP contribution in [0.3, 0.4) is 0 Å². The van der Waals surface area contributed by atoms with Crippen LogP contribution in [0.1, 0.15) is 11.9 Å². The Balaban J connectivity index is 2.28. The summed E-state index contributed by atoms with van der Waals surface area (Å²) in [5.41, 5.74) is 0.711. The van der Waals surface area contributed by atoms with E-state index in [1.165, 1.54) is 28.0 Å². The van der Waals surface area contributed by atoms with Crippen molar-refractivity contribution < 1.29 is 4.39 Å². The molecule has 0 aliphatic carbocycles. The summed E-state index contributed by atoms with van der Waals surface area (Å²) in [6, 6.07) is 4.15. The molecule has 0 saturated heterocycles. The zero-order valence-corrected chi connectivity index (χ0v) is 10.3. The van der Waals surface area contributed by atoms with E-state index in [0.717, 1.165) is 11.4 Å². The Morgan fingerprint density at radius 1 is 1.44 bits per heavy atom. The SMILES string of the molecule is CCc1nnc(-n2c(=O)[nH]c3cc(F)ccc32)s1. The summed E-state index contributed by atoms with van der Waals surface area (Å²) in [7, 11) is 0. The maximum Gasteiger partial charge on any atom is 0.332 e. The number of hydrogen-bond donors (Lipinski definition) is 1. The van der Waals surface area contributed by atoms with Gasteiger partial charge in [-0.1, -0.05) is 18.3 Å². The predicted molar refractivity (Wildman–Crippen MR) is 66.7 cm³/mol. The van der Waals surface area contributed by atoms with E-state index in [1.54, 1.807) is 6.07 Å². The molecular weight excluding hydrogens is 255 g/mol. The van der Waals surface area contributed by atoms with Crippen molar-refractivity contribution in [1.29, 1.82) is 0 Å². The Kier molecular flexibility index (Phi) is 2.48. The van der Waals surface area contributed by atoms with Crippen LogP contribution < -0.4 is 5.69 Å². The first kappa shape index (κ1) is 11.1. The van der Waals surface area contributed by atoms with Crippen LogP contribution in [0.2, 0.25) is 0 Å². The van der Waals surface area contributed by atoms with Gasteiger partial charge in [0.15, 0.2) is 0 Å². The number of H-pyrrole nitrogens is 1. The van der Waals surface area contributed by atoms with Gasteiger partial charge in [-0.2, -0.15) is 0 Å². The average Bonchev–Trinajstić information content (AvgIpc) is 2.91. The van der Waals surface area contributed by atoms with Gasteiger partial charge >= 0.3 is 5.69 Å². The van der Waals surface area contributed by atoms with Gasteiger partial charge in [-0.05, 0) is 24.6 Å². The zero-order valence-electron chi connectivity index (χ0n) is 9.48. The maximum absolute atomic E-state index is 13.1. The molecule has 0 aliphatic rings. The van der Waals surface area contributed by atoms with Crippen LogP contribution >= 0.6 is 11.3 Å². The number of aromatic nitrogens is 4. The molecule has 92 valence electrons. The van der Waals surface area contributed by atoms with E-state index < -0.39 is 0 Å². The van der Waals surface area contributed by atoms with E-state index in [4.69, 9.17) is 0 Å². The molecule has 2 aromatic heterocycles.